The molecule has 0 aromatic carbocycles. The Morgan fingerprint density at radius 2 is 1.95 bits per heavy atom. The van der Waals surface area contributed by atoms with Gasteiger partial charge in [0.2, 0.25) is 5.13 Å². The smallest absolute Gasteiger partial charge is 0.208 e. The number of nitrogens with zero attached hydrogens (tertiary/aromatic N) is 6. The molecule has 0 amide bonds. The molecule has 37 heavy (non-hydrogen) atoms. The Kier molecular flexibility index (Phi) is 7.94. The van der Waals surface area contributed by atoms with Gasteiger partial charge in [-0.05, 0) is 57.1 Å². The number of β-amino-alcohol motifs (C(OH)–C–C–N with tert-alkyl or cyclic N) is 1. The zero-order chi connectivity index (χ0) is 25.7. The number of pyridine rings is 3. The number of aliphatic hydroxyl groups excluding tert-OH is 1. The Morgan fingerprint density at radius 1 is 1.11 bits per heavy atom. The first-order chi connectivity index (χ1) is 18.0. The van der Waals surface area contributed by atoms with Gasteiger partial charge in [0.1, 0.15) is 10.8 Å². The molecular weight excluding hydrogens is 506 g/mol. The van der Waals surface area contributed by atoms with E-state index < -0.39 is 0 Å². The quantitative estimate of drug-likeness (QED) is 0.302. The fraction of sp³-hybridized carbons (Fsp3) is 0.346. The highest BCUT2D eigenvalue weighted by Crippen LogP contribution is 2.38. The topological polar surface area (TPSA) is 109 Å². The zero-order valence-corrected chi connectivity index (χ0v) is 22.4. The van der Waals surface area contributed by atoms with Gasteiger partial charge in [-0.25, -0.2) is 15.0 Å². The molecule has 11 heteroatoms. The maximum absolute atomic E-state index is 9.23. The molecule has 4 aromatic rings. The number of rotatable bonds is 9. The number of nitrogens with one attached hydrogen (secondary N) is 1. The van der Waals surface area contributed by atoms with Crippen LogP contribution in [0.25, 0.3) is 0 Å². The molecule has 0 aliphatic carbocycles. The summed E-state index contributed by atoms with van der Waals surface area (Å²) in [6.07, 6.45) is 7.21. The van der Waals surface area contributed by atoms with E-state index in [1.807, 2.05) is 43.3 Å². The van der Waals surface area contributed by atoms with E-state index in [9.17, 15) is 5.11 Å². The van der Waals surface area contributed by atoms with Crippen LogP contribution in [0.1, 0.15) is 31.3 Å². The van der Waals surface area contributed by atoms with Crippen molar-refractivity contribution in [3.8, 4) is 11.5 Å². The van der Waals surface area contributed by atoms with Gasteiger partial charge in [-0.1, -0.05) is 24.8 Å². The SMILES string of the molecule is Cc1ncccc1Oc1cc(Sc2ccccn2)cnc1Nc1nc(C2(C)CCN(CCO)CC2)ns1. The number of hydrogen-bond donors (Lipinski definition) is 2. The van der Waals surface area contributed by atoms with E-state index in [0.29, 0.717) is 29.0 Å². The summed E-state index contributed by atoms with van der Waals surface area (Å²) in [5, 5.41) is 14.1. The highest BCUT2D eigenvalue weighted by atomic mass is 32.2. The Hall–Kier alpha value is -3.12. The van der Waals surface area contributed by atoms with Crippen LogP contribution in [-0.4, -0.2) is 60.6 Å². The Balaban J connectivity index is 1.37. The molecule has 1 aliphatic heterocycles. The average molecular weight is 536 g/mol. The normalized spacial score (nSPS) is 15.4. The molecular formula is C26H29N7O2S2. The number of piperidine rings is 1. The van der Waals surface area contributed by atoms with E-state index in [-0.39, 0.29) is 12.0 Å². The lowest BCUT2D eigenvalue weighted by Gasteiger charge is -2.37. The van der Waals surface area contributed by atoms with Gasteiger partial charge >= 0.3 is 0 Å². The third kappa shape index (κ3) is 6.24. The van der Waals surface area contributed by atoms with Gasteiger partial charge < -0.3 is 20.1 Å². The molecule has 192 valence electrons. The molecule has 0 spiro atoms. The van der Waals surface area contributed by atoms with E-state index in [4.69, 9.17) is 9.72 Å². The molecule has 0 unspecified atom stereocenters. The van der Waals surface area contributed by atoms with Crippen LogP contribution < -0.4 is 10.1 Å². The molecule has 0 bridgehead atoms. The van der Waals surface area contributed by atoms with Gasteiger partial charge in [-0.2, -0.15) is 4.37 Å². The van der Waals surface area contributed by atoms with Crippen molar-refractivity contribution >= 4 is 34.2 Å². The highest BCUT2D eigenvalue weighted by molar-refractivity contribution is 7.99. The van der Waals surface area contributed by atoms with Gasteiger partial charge in [-0.15, -0.1) is 0 Å². The molecule has 2 N–H and O–H groups in total. The summed E-state index contributed by atoms with van der Waals surface area (Å²) in [4.78, 5) is 21.4. The molecule has 1 aliphatic rings. The molecule has 9 nitrogen and oxygen atoms in total. The van der Waals surface area contributed by atoms with Crippen molar-refractivity contribution in [2.75, 3.05) is 31.6 Å². The van der Waals surface area contributed by atoms with E-state index in [2.05, 4.69) is 36.5 Å². The number of aromatic nitrogens is 5. The summed E-state index contributed by atoms with van der Waals surface area (Å²) in [5.41, 5.74) is 0.695. The first-order valence-corrected chi connectivity index (χ1v) is 13.7. The lowest BCUT2D eigenvalue weighted by molar-refractivity contribution is 0.134. The maximum atomic E-state index is 9.23. The van der Waals surface area contributed by atoms with E-state index in [1.54, 1.807) is 18.6 Å². The molecule has 4 aromatic heterocycles. The molecule has 0 radical (unpaired) electrons. The van der Waals surface area contributed by atoms with Gasteiger partial charge in [0.25, 0.3) is 0 Å². The van der Waals surface area contributed by atoms with Crippen molar-refractivity contribution in [1.82, 2.24) is 29.2 Å². The lowest BCUT2D eigenvalue weighted by atomic mass is 9.79. The summed E-state index contributed by atoms with van der Waals surface area (Å²) < 4.78 is 11.0. The third-order valence-electron chi connectivity index (χ3n) is 6.43. The van der Waals surface area contributed by atoms with Crippen LogP contribution in [0.3, 0.4) is 0 Å². The average Bonchev–Trinajstić information content (AvgIpc) is 3.39. The number of ether oxygens (including phenoxy) is 1. The fourth-order valence-corrected chi connectivity index (χ4v) is 5.61. The molecule has 5 rings (SSSR count). The van der Waals surface area contributed by atoms with Crippen molar-refractivity contribution < 1.29 is 9.84 Å². The van der Waals surface area contributed by atoms with Crippen molar-refractivity contribution in [3.05, 3.63) is 66.5 Å². The van der Waals surface area contributed by atoms with Crippen molar-refractivity contribution in [2.24, 2.45) is 0 Å². The minimum absolute atomic E-state index is 0.0921. The summed E-state index contributed by atoms with van der Waals surface area (Å²) in [5.74, 6) is 2.63. The predicted molar refractivity (Wildman–Crippen MR) is 145 cm³/mol. The summed E-state index contributed by atoms with van der Waals surface area (Å²) in [6.45, 7) is 6.89. The number of aliphatic hydroxyl groups is 1. The van der Waals surface area contributed by atoms with Crippen LogP contribution in [0.2, 0.25) is 0 Å². The molecule has 1 fully saturated rings. The Labute approximate surface area is 224 Å². The van der Waals surface area contributed by atoms with E-state index >= 15 is 0 Å². The molecule has 0 saturated carbocycles. The van der Waals surface area contributed by atoms with Crippen LogP contribution >= 0.6 is 23.3 Å². The van der Waals surface area contributed by atoms with Crippen LogP contribution in [0.5, 0.6) is 11.5 Å². The Bertz CT molecular complexity index is 1330. The van der Waals surface area contributed by atoms with E-state index in [0.717, 1.165) is 47.4 Å². The van der Waals surface area contributed by atoms with Crippen LogP contribution in [-0.2, 0) is 5.41 Å². The van der Waals surface area contributed by atoms with Crippen molar-refractivity contribution in [1.29, 1.82) is 0 Å². The second kappa shape index (κ2) is 11.5. The monoisotopic (exact) mass is 535 g/mol. The van der Waals surface area contributed by atoms with Gasteiger partial charge in [0.15, 0.2) is 17.4 Å². The number of aryl methyl sites for hydroxylation is 1. The number of anilines is 2. The van der Waals surface area contributed by atoms with Crippen LogP contribution in [0, 0.1) is 6.92 Å². The second-order valence-corrected chi connectivity index (χ2v) is 11.0. The molecule has 5 heterocycles. The number of hydrogen-bond acceptors (Lipinski definition) is 11. The summed E-state index contributed by atoms with van der Waals surface area (Å²) in [7, 11) is 0. The molecule has 1 saturated heterocycles. The largest absolute Gasteiger partial charge is 0.452 e. The minimum atomic E-state index is -0.0921. The van der Waals surface area contributed by atoms with Gasteiger partial charge in [-0.3, -0.25) is 4.98 Å². The minimum Gasteiger partial charge on any atom is -0.452 e. The standard InChI is InChI=1S/C26H29N7O2S2/c1-18-20(6-5-11-27-18)35-21-16-19(36-22-7-3-4-10-28-22)17-29-23(21)30-25-31-24(32-37-25)26(2)8-12-33(13-9-26)14-15-34/h3-7,10-11,16-17,34H,8-9,12-15H2,1-2H3,(H,29,30,31,32). The first kappa shape index (κ1) is 25.5. The van der Waals surface area contributed by atoms with Crippen LogP contribution in [0.15, 0.2) is 64.9 Å². The second-order valence-electron chi connectivity index (χ2n) is 9.15. The van der Waals surface area contributed by atoms with E-state index in [1.165, 1.54) is 23.3 Å². The number of likely N-dealkylation sites (tertiary alicyclic amines) is 1. The Morgan fingerprint density at radius 3 is 2.70 bits per heavy atom. The fourth-order valence-electron chi connectivity index (χ4n) is 4.13. The summed E-state index contributed by atoms with van der Waals surface area (Å²) >= 11 is 2.84. The highest BCUT2D eigenvalue weighted by Gasteiger charge is 2.35. The summed E-state index contributed by atoms with van der Waals surface area (Å²) in [6, 6.07) is 11.5. The lowest BCUT2D eigenvalue weighted by Crippen LogP contribution is -2.42. The first-order valence-electron chi connectivity index (χ1n) is 12.2. The maximum Gasteiger partial charge on any atom is 0.208 e. The predicted octanol–water partition coefficient (Wildman–Crippen LogP) is 5.06. The van der Waals surface area contributed by atoms with Crippen LogP contribution in [0.4, 0.5) is 10.9 Å². The van der Waals surface area contributed by atoms with Crippen molar-refractivity contribution in [3.63, 3.8) is 0 Å². The zero-order valence-electron chi connectivity index (χ0n) is 20.8. The van der Waals surface area contributed by atoms with Gasteiger partial charge in [0.05, 0.1) is 12.3 Å². The third-order valence-corrected chi connectivity index (χ3v) is 7.97. The van der Waals surface area contributed by atoms with Gasteiger partial charge in [0, 0.05) is 53.0 Å². The molecule has 0 atom stereocenters. The van der Waals surface area contributed by atoms with Crippen molar-refractivity contribution in [2.45, 2.75) is 42.0 Å².